The summed E-state index contributed by atoms with van der Waals surface area (Å²) in [6.45, 7) is 8.33. The van der Waals surface area contributed by atoms with Crippen molar-refractivity contribution in [1.82, 2.24) is 4.98 Å². The van der Waals surface area contributed by atoms with Crippen LogP contribution in [0.3, 0.4) is 0 Å². The first-order chi connectivity index (χ1) is 16.8. The Hall–Kier alpha value is -3.47. The van der Waals surface area contributed by atoms with E-state index in [0.717, 1.165) is 27.6 Å². The summed E-state index contributed by atoms with van der Waals surface area (Å²) in [4.78, 5) is 5.07. The van der Waals surface area contributed by atoms with Gasteiger partial charge in [0.25, 0.3) is 0 Å². The maximum atomic E-state index is 6.25. The molecule has 0 unspecified atom stereocenters. The zero-order valence-corrected chi connectivity index (χ0v) is 20.4. The molecule has 6 aromatic rings. The second-order valence-electron chi connectivity index (χ2n) is 10.7. The lowest BCUT2D eigenvalue weighted by molar-refractivity contribution is 0.00578. The SMILES string of the molecule is CC1(C)OB(c2ccc3nc(-c4ccc5ccc6cccc7ccc4c5c67)ccc3c2)OC1(C)C. The van der Waals surface area contributed by atoms with Crippen LogP contribution in [-0.4, -0.2) is 23.3 Å². The van der Waals surface area contributed by atoms with Crippen molar-refractivity contribution in [2.75, 3.05) is 0 Å². The molecule has 0 radical (unpaired) electrons. The van der Waals surface area contributed by atoms with Crippen molar-refractivity contribution in [2.45, 2.75) is 38.9 Å². The molecule has 35 heavy (non-hydrogen) atoms. The normalized spacial score (nSPS) is 17.3. The Labute approximate surface area is 205 Å². The van der Waals surface area contributed by atoms with Crippen LogP contribution in [0.5, 0.6) is 0 Å². The summed E-state index contributed by atoms with van der Waals surface area (Å²) in [6, 6.07) is 30.4. The van der Waals surface area contributed by atoms with E-state index in [1.807, 2.05) is 0 Å². The van der Waals surface area contributed by atoms with Crippen molar-refractivity contribution in [3.63, 3.8) is 0 Å². The van der Waals surface area contributed by atoms with E-state index < -0.39 is 0 Å². The van der Waals surface area contributed by atoms with Gasteiger partial charge in [0, 0.05) is 5.56 Å². The van der Waals surface area contributed by atoms with Crippen LogP contribution in [0.4, 0.5) is 0 Å². The predicted octanol–water partition coefficient (Wildman–Crippen LogP) is 7.10. The maximum Gasteiger partial charge on any atom is 0.494 e. The molecule has 1 aromatic heterocycles. The van der Waals surface area contributed by atoms with E-state index >= 15 is 0 Å². The third kappa shape index (κ3) is 3.03. The van der Waals surface area contributed by atoms with Crippen molar-refractivity contribution in [1.29, 1.82) is 0 Å². The van der Waals surface area contributed by atoms with E-state index in [2.05, 4.69) is 113 Å². The second kappa shape index (κ2) is 7.03. The zero-order valence-electron chi connectivity index (χ0n) is 20.4. The molecule has 5 aromatic carbocycles. The van der Waals surface area contributed by atoms with Crippen LogP contribution < -0.4 is 5.46 Å². The number of aromatic nitrogens is 1. The number of hydrogen-bond acceptors (Lipinski definition) is 3. The Morgan fingerprint density at radius 2 is 1.26 bits per heavy atom. The predicted molar refractivity (Wildman–Crippen MR) is 147 cm³/mol. The average Bonchev–Trinajstić information content (AvgIpc) is 3.08. The smallest absolute Gasteiger partial charge is 0.399 e. The van der Waals surface area contributed by atoms with Crippen LogP contribution in [-0.2, 0) is 9.31 Å². The molecular weight excluding hydrogens is 429 g/mol. The molecule has 0 spiro atoms. The van der Waals surface area contributed by atoms with Crippen molar-refractivity contribution >= 4 is 55.8 Å². The molecular formula is C31H26BNO2. The van der Waals surface area contributed by atoms with Crippen LogP contribution in [0.1, 0.15) is 27.7 Å². The van der Waals surface area contributed by atoms with E-state index in [0.29, 0.717) is 0 Å². The molecule has 0 aliphatic carbocycles. The third-order valence-corrected chi connectivity index (χ3v) is 8.04. The van der Waals surface area contributed by atoms with Gasteiger partial charge in [-0.2, -0.15) is 0 Å². The molecule has 0 N–H and O–H groups in total. The fourth-order valence-electron chi connectivity index (χ4n) is 5.38. The number of fused-ring (bicyclic) bond motifs is 1. The number of rotatable bonds is 2. The van der Waals surface area contributed by atoms with E-state index in [-0.39, 0.29) is 18.3 Å². The van der Waals surface area contributed by atoms with Gasteiger partial charge in [-0.05, 0) is 83.0 Å². The molecule has 0 bridgehead atoms. The standard InChI is InChI=1S/C31H26BNO2/c1-30(2)31(3,4)35-32(34-30)23-13-17-26-22(18-23)12-16-27(33-26)24-14-10-21-9-8-19-6-5-7-20-11-15-25(24)29(21)28(19)20/h5-18H,1-4H3. The van der Waals surface area contributed by atoms with E-state index in [4.69, 9.17) is 14.3 Å². The quantitative estimate of drug-likeness (QED) is 0.206. The first-order valence-corrected chi connectivity index (χ1v) is 12.2. The number of hydrogen-bond donors (Lipinski definition) is 0. The minimum Gasteiger partial charge on any atom is -0.399 e. The summed E-state index contributed by atoms with van der Waals surface area (Å²) in [7, 11) is -0.373. The highest BCUT2D eigenvalue weighted by atomic mass is 16.7. The molecule has 170 valence electrons. The zero-order chi connectivity index (χ0) is 23.9. The summed E-state index contributed by atoms with van der Waals surface area (Å²) < 4.78 is 12.5. The van der Waals surface area contributed by atoms with Gasteiger partial charge in [0.2, 0.25) is 0 Å². The molecule has 1 aliphatic heterocycles. The first kappa shape index (κ1) is 20.9. The van der Waals surface area contributed by atoms with Gasteiger partial charge in [0.15, 0.2) is 0 Å². The maximum absolute atomic E-state index is 6.25. The van der Waals surface area contributed by atoms with Crippen LogP contribution >= 0.6 is 0 Å². The fourth-order valence-corrected chi connectivity index (χ4v) is 5.38. The summed E-state index contributed by atoms with van der Waals surface area (Å²) in [6.07, 6.45) is 0. The second-order valence-corrected chi connectivity index (χ2v) is 10.7. The summed E-state index contributed by atoms with van der Waals surface area (Å²) in [5, 5.41) is 8.79. The lowest BCUT2D eigenvalue weighted by Gasteiger charge is -2.32. The van der Waals surface area contributed by atoms with Gasteiger partial charge in [0.1, 0.15) is 0 Å². The Bertz CT molecular complexity index is 1740. The van der Waals surface area contributed by atoms with E-state index in [9.17, 15) is 0 Å². The fraction of sp³-hybridized carbons (Fsp3) is 0.194. The number of pyridine rings is 1. The lowest BCUT2D eigenvalue weighted by Crippen LogP contribution is -2.41. The molecule has 3 nitrogen and oxygen atoms in total. The molecule has 0 amide bonds. The van der Waals surface area contributed by atoms with E-state index in [1.165, 1.54) is 32.3 Å². The van der Waals surface area contributed by atoms with Gasteiger partial charge in [-0.25, -0.2) is 4.98 Å². The molecule has 1 aliphatic rings. The largest absolute Gasteiger partial charge is 0.494 e. The Balaban J connectivity index is 1.34. The van der Waals surface area contributed by atoms with Gasteiger partial charge < -0.3 is 9.31 Å². The monoisotopic (exact) mass is 455 g/mol. The summed E-state index contributed by atoms with van der Waals surface area (Å²) in [5.41, 5.74) is 3.42. The molecule has 1 saturated heterocycles. The van der Waals surface area contributed by atoms with Gasteiger partial charge in [-0.15, -0.1) is 0 Å². The van der Waals surface area contributed by atoms with Gasteiger partial charge in [-0.1, -0.05) is 72.8 Å². The lowest BCUT2D eigenvalue weighted by atomic mass is 9.78. The Morgan fingerprint density at radius 1 is 0.629 bits per heavy atom. The summed E-state index contributed by atoms with van der Waals surface area (Å²) >= 11 is 0. The van der Waals surface area contributed by atoms with Gasteiger partial charge in [0.05, 0.1) is 22.4 Å². The van der Waals surface area contributed by atoms with Crippen molar-refractivity contribution < 1.29 is 9.31 Å². The minimum absolute atomic E-state index is 0.357. The Kier molecular flexibility index (Phi) is 4.19. The Morgan fingerprint density at radius 3 is 2.00 bits per heavy atom. The third-order valence-electron chi connectivity index (χ3n) is 8.04. The topological polar surface area (TPSA) is 31.4 Å². The highest BCUT2D eigenvalue weighted by Crippen LogP contribution is 2.39. The molecule has 1 fully saturated rings. The molecule has 7 rings (SSSR count). The van der Waals surface area contributed by atoms with Gasteiger partial charge in [-0.3, -0.25) is 0 Å². The van der Waals surface area contributed by atoms with Crippen molar-refractivity contribution in [2.24, 2.45) is 0 Å². The van der Waals surface area contributed by atoms with Crippen molar-refractivity contribution in [3.8, 4) is 11.3 Å². The first-order valence-electron chi connectivity index (χ1n) is 12.2. The molecule has 0 atom stereocenters. The van der Waals surface area contributed by atoms with E-state index in [1.54, 1.807) is 0 Å². The molecule has 2 heterocycles. The molecule has 0 saturated carbocycles. The van der Waals surface area contributed by atoms with Crippen LogP contribution in [0.2, 0.25) is 0 Å². The van der Waals surface area contributed by atoms with Crippen molar-refractivity contribution in [3.05, 3.63) is 84.9 Å². The number of benzene rings is 5. The average molecular weight is 455 g/mol. The summed E-state index contributed by atoms with van der Waals surface area (Å²) in [5.74, 6) is 0. The highest BCUT2D eigenvalue weighted by Gasteiger charge is 2.51. The van der Waals surface area contributed by atoms with Crippen LogP contribution in [0.15, 0.2) is 84.9 Å². The highest BCUT2D eigenvalue weighted by molar-refractivity contribution is 6.62. The van der Waals surface area contributed by atoms with Gasteiger partial charge >= 0.3 is 7.12 Å². The molecule has 4 heteroatoms. The number of nitrogens with zero attached hydrogens (tertiary/aromatic N) is 1. The minimum atomic E-state index is -0.373. The van der Waals surface area contributed by atoms with Crippen LogP contribution in [0.25, 0.3) is 54.5 Å². The van der Waals surface area contributed by atoms with Crippen LogP contribution in [0, 0.1) is 0 Å².